The van der Waals surface area contributed by atoms with Gasteiger partial charge in [-0.15, -0.1) is 0 Å². The molecule has 1 saturated heterocycles. The van der Waals surface area contributed by atoms with Crippen LogP contribution in [0.2, 0.25) is 0 Å². The molecular formula is C16H25NO2S. The molecule has 1 fully saturated rings. The minimum atomic E-state index is -3.31. The summed E-state index contributed by atoms with van der Waals surface area (Å²) in [5, 5.41) is 0. The van der Waals surface area contributed by atoms with Gasteiger partial charge < -0.3 is 0 Å². The fourth-order valence-electron chi connectivity index (χ4n) is 2.82. The molecule has 0 aliphatic carbocycles. The van der Waals surface area contributed by atoms with E-state index < -0.39 is 10.0 Å². The molecule has 0 radical (unpaired) electrons. The van der Waals surface area contributed by atoms with Crippen molar-refractivity contribution in [1.29, 1.82) is 0 Å². The van der Waals surface area contributed by atoms with Crippen LogP contribution in [0.25, 0.3) is 0 Å². The molecule has 1 aliphatic heterocycles. The lowest BCUT2D eigenvalue weighted by atomic mass is 9.76. The summed E-state index contributed by atoms with van der Waals surface area (Å²) in [7, 11) is -3.31. The highest BCUT2D eigenvalue weighted by atomic mass is 32.2. The maximum absolute atomic E-state index is 12.6. The normalized spacial score (nSPS) is 19.2. The number of piperidine rings is 1. The molecule has 112 valence electrons. The minimum Gasteiger partial charge on any atom is -0.207 e. The molecule has 1 aromatic carbocycles. The molecule has 0 atom stereocenters. The van der Waals surface area contributed by atoms with Gasteiger partial charge >= 0.3 is 0 Å². The number of hydrogen-bond donors (Lipinski definition) is 0. The Morgan fingerprint density at radius 2 is 1.55 bits per heavy atom. The van der Waals surface area contributed by atoms with Gasteiger partial charge in [-0.1, -0.05) is 38.5 Å². The van der Waals surface area contributed by atoms with Gasteiger partial charge in [0.1, 0.15) is 0 Å². The van der Waals surface area contributed by atoms with E-state index in [1.54, 1.807) is 16.4 Å². The molecule has 0 spiro atoms. The molecule has 0 N–H and O–H groups in total. The first kappa shape index (κ1) is 15.5. The predicted molar refractivity (Wildman–Crippen MR) is 82.1 cm³/mol. The predicted octanol–water partition coefficient (Wildman–Crippen LogP) is 3.44. The van der Waals surface area contributed by atoms with E-state index in [2.05, 4.69) is 20.8 Å². The first-order valence-electron chi connectivity index (χ1n) is 7.28. The van der Waals surface area contributed by atoms with Crippen molar-refractivity contribution >= 4 is 10.0 Å². The van der Waals surface area contributed by atoms with Crippen LogP contribution in [-0.4, -0.2) is 25.8 Å². The Morgan fingerprint density at radius 1 is 1.05 bits per heavy atom. The molecule has 20 heavy (non-hydrogen) atoms. The molecule has 0 unspecified atom stereocenters. The van der Waals surface area contributed by atoms with Gasteiger partial charge in [-0.05, 0) is 43.2 Å². The topological polar surface area (TPSA) is 37.4 Å². The Balaban J connectivity index is 2.11. The van der Waals surface area contributed by atoms with Crippen LogP contribution < -0.4 is 0 Å². The largest absolute Gasteiger partial charge is 0.243 e. The van der Waals surface area contributed by atoms with Crippen LogP contribution in [0.4, 0.5) is 0 Å². The van der Waals surface area contributed by atoms with Crippen LogP contribution in [0, 0.1) is 18.3 Å². The number of aryl methyl sites for hydroxylation is 1. The fraction of sp³-hybridized carbons (Fsp3) is 0.625. The second-order valence-electron chi connectivity index (χ2n) is 6.86. The molecule has 4 heteroatoms. The Hall–Kier alpha value is -0.870. The van der Waals surface area contributed by atoms with E-state index in [0.717, 1.165) is 18.4 Å². The van der Waals surface area contributed by atoms with Crippen molar-refractivity contribution in [2.75, 3.05) is 13.1 Å². The average molecular weight is 295 g/mol. The smallest absolute Gasteiger partial charge is 0.207 e. The average Bonchev–Trinajstić information content (AvgIpc) is 2.38. The highest BCUT2D eigenvalue weighted by Crippen LogP contribution is 2.35. The number of hydrogen-bond acceptors (Lipinski definition) is 2. The Morgan fingerprint density at radius 3 is 2.00 bits per heavy atom. The first-order valence-corrected chi connectivity index (χ1v) is 8.72. The van der Waals surface area contributed by atoms with E-state index in [9.17, 15) is 8.42 Å². The van der Waals surface area contributed by atoms with Crippen LogP contribution in [0.3, 0.4) is 0 Å². The summed E-state index contributed by atoms with van der Waals surface area (Å²) in [5.74, 6) is 0.604. The summed E-state index contributed by atoms with van der Waals surface area (Å²) in [6.07, 6.45) is 1.91. The zero-order valence-corrected chi connectivity index (χ0v) is 13.7. The maximum Gasteiger partial charge on any atom is 0.243 e. The molecule has 1 aromatic rings. The lowest BCUT2D eigenvalue weighted by Crippen LogP contribution is -2.41. The molecular weight excluding hydrogens is 270 g/mol. The number of nitrogens with zero attached hydrogens (tertiary/aromatic N) is 1. The second-order valence-corrected chi connectivity index (χ2v) is 8.80. The van der Waals surface area contributed by atoms with Crippen molar-refractivity contribution in [2.45, 2.75) is 45.4 Å². The molecule has 3 nitrogen and oxygen atoms in total. The van der Waals surface area contributed by atoms with Crippen LogP contribution in [0.15, 0.2) is 29.2 Å². The molecule has 0 saturated carbocycles. The lowest BCUT2D eigenvalue weighted by Gasteiger charge is -2.38. The monoisotopic (exact) mass is 295 g/mol. The zero-order chi connectivity index (χ0) is 15.0. The molecule has 1 aliphatic rings. The zero-order valence-electron chi connectivity index (χ0n) is 12.9. The van der Waals surface area contributed by atoms with Crippen molar-refractivity contribution in [3.05, 3.63) is 29.8 Å². The molecule has 0 aromatic heterocycles. The SMILES string of the molecule is Cc1ccc(S(=O)(=O)N2CCC(C(C)(C)C)CC2)cc1. The Kier molecular flexibility index (Phi) is 4.26. The third-order valence-electron chi connectivity index (χ3n) is 4.34. The highest BCUT2D eigenvalue weighted by Gasteiger charge is 2.33. The molecule has 2 rings (SSSR count). The number of rotatable bonds is 2. The van der Waals surface area contributed by atoms with Crippen LogP contribution in [0.1, 0.15) is 39.2 Å². The van der Waals surface area contributed by atoms with E-state index in [-0.39, 0.29) is 5.41 Å². The summed E-state index contributed by atoms with van der Waals surface area (Å²) in [5.41, 5.74) is 1.34. The standard InChI is InChI=1S/C16H25NO2S/c1-13-5-7-15(8-6-13)20(18,19)17-11-9-14(10-12-17)16(2,3)4/h5-8,14H,9-12H2,1-4H3. The second kappa shape index (κ2) is 5.49. The van der Waals surface area contributed by atoms with Crippen LogP contribution >= 0.6 is 0 Å². The van der Waals surface area contributed by atoms with Gasteiger partial charge in [0.05, 0.1) is 4.90 Å². The summed E-state index contributed by atoms with van der Waals surface area (Å²) < 4.78 is 26.8. The van der Waals surface area contributed by atoms with E-state index in [1.165, 1.54) is 0 Å². The third-order valence-corrected chi connectivity index (χ3v) is 6.25. The van der Waals surface area contributed by atoms with Gasteiger partial charge in [0, 0.05) is 13.1 Å². The van der Waals surface area contributed by atoms with Gasteiger partial charge in [-0.3, -0.25) is 0 Å². The van der Waals surface area contributed by atoms with E-state index in [1.807, 2.05) is 19.1 Å². The van der Waals surface area contributed by atoms with Crippen molar-refractivity contribution in [2.24, 2.45) is 11.3 Å². The van der Waals surface area contributed by atoms with Crippen molar-refractivity contribution in [1.82, 2.24) is 4.31 Å². The third kappa shape index (κ3) is 3.23. The van der Waals surface area contributed by atoms with Gasteiger partial charge in [0.25, 0.3) is 0 Å². The van der Waals surface area contributed by atoms with Gasteiger partial charge in [0.15, 0.2) is 0 Å². The van der Waals surface area contributed by atoms with Gasteiger partial charge in [-0.2, -0.15) is 4.31 Å². The molecule has 0 amide bonds. The number of benzene rings is 1. The minimum absolute atomic E-state index is 0.264. The summed E-state index contributed by atoms with van der Waals surface area (Å²) in [6, 6.07) is 7.13. The van der Waals surface area contributed by atoms with Crippen molar-refractivity contribution < 1.29 is 8.42 Å². The molecule has 1 heterocycles. The fourth-order valence-corrected chi connectivity index (χ4v) is 4.29. The van der Waals surface area contributed by atoms with Gasteiger partial charge in [-0.25, -0.2) is 8.42 Å². The van der Waals surface area contributed by atoms with E-state index >= 15 is 0 Å². The number of sulfonamides is 1. The quantitative estimate of drug-likeness (QED) is 0.838. The van der Waals surface area contributed by atoms with Crippen molar-refractivity contribution in [3.8, 4) is 0 Å². The summed E-state index contributed by atoms with van der Waals surface area (Å²) in [6.45, 7) is 9.95. The first-order chi connectivity index (χ1) is 9.21. The van der Waals surface area contributed by atoms with E-state index in [4.69, 9.17) is 0 Å². The van der Waals surface area contributed by atoms with Gasteiger partial charge in [0.2, 0.25) is 10.0 Å². The summed E-state index contributed by atoms with van der Waals surface area (Å²) >= 11 is 0. The van der Waals surface area contributed by atoms with Crippen molar-refractivity contribution in [3.63, 3.8) is 0 Å². The Labute approximate surface area is 123 Å². The van der Waals surface area contributed by atoms with Crippen LogP contribution in [-0.2, 0) is 10.0 Å². The highest BCUT2D eigenvalue weighted by molar-refractivity contribution is 7.89. The Bertz CT molecular complexity index is 547. The molecule has 0 bridgehead atoms. The summed E-state index contributed by atoms with van der Waals surface area (Å²) in [4.78, 5) is 0.414. The lowest BCUT2D eigenvalue weighted by molar-refractivity contribution is 0.154. The van der Waals surface area contributed by atoms with E-state index in [0.29, 0.717) is 23.9 Å². The maximum atomic E-state index is 12.6. The van der Waals surface area contributed by atoms with Crippen LogP contribution in [0.5, 0.6) is 0 Å².